The maximum absolute atomic E-state index is 11.2. The summed E-state index contributed by atoms with van der Waals surface area (Å²) >= 11 is 0. The Morgan fingerprint density at radius 2 is 1.83 bits per heavy atom. The summed E-state index contributed by atoms with van der Waals surface area (Å²) in [5.74, 6) is 0.468. The van der Waals surface area contributed by atoms with Crippen LogP contribution in [0.5, 0.6) is 5.88 Å². The van der Waals surface area contributed by atoms with Crippen LogP contribution >= 0.6 is 0 Å². The van der Waals surface area contributed by atoms with Crippen molar-refractivity contribution in [3.8, 4) is 17.3 Å². The van der Waals surface area contributed by atoms with Crippen molar-refractivity contribution in [1.82, 2.24) is 9.97 Å². The third-order valence-corrected chi connectivity index (χ3v) is 3.40. The van der Waals surface area contributed by atoms with Crippen LogP contribution in [-0.2, 0) is 9.53 Å². The van der Waals surface area contributed by atoms with Crippen LogP contribution in [0.2, 0.25) is 0 Å². The lowest BCUT2D eigenvalue weighted by Crippen LogP contribution is -2.13. The molecule has 2 aromatic carbocycles. The number of aryl methyl sites for hydroxylation is 1. The minimum atomic E-state index is -0.450. The van der Waals surface area contributed by atoms with Crippen molar-refractivity contribution in [2.24, 2.45) is 0 Å². The maximum Gasteiger partial charge on any atom is 0.343 e. The largest absolute Gasteiger partial charge is 0.466 e. The van der Waals surface area contributed by atoms with Gasteiger partial charge < -0.3 is 9.47 Å². The molecular weight excluding hydrogens is 292 g/mol. The lowest BCUT2D eigenvalue weighted by molar-refractivity contribution is -0.143. The molecule has 5 heteroatoms. The molecule has 0 bridgehead atoms. The van der Waals surface area contributed by atoms with Gasteiger partial charge in [0.15, 0.2) is 12.4 Å². The highest BCUT2D eigenvalue weighted by Gasteiger charge is 2.09. The maximum atomic E-state index is 11.2. The number of rotatable bonds is 4. The van der Waals surface area contributed by atoms with E-state index in [1.54, 1.807) is 6.07 Å². The first kappa shape index (κ1) is 15.0. The second-order valence-electron chi connectivity index (χ2n) is 5.10. The summed E-state index contributed by atoms with van der Waals surface area (Å²) in [6, 6.07) is 15.8. The van der Waals surface area contributed by atoms with E-state index in [0.717, 1.165) is 22.0 Å². The molecule has 0 radical (unpaired) electrons. The number of nitrogens with zero attached hydrogens (tertiary/aromatic N) is 2. The fraction of sp³-hybridized carbons (Fsp3) is 0.167. The Morgan fingerprint density at radius 3 is 2.61 bits per heavy atom. The number of carbonyl (C=O) groups is 1. The van der Waals surface area contributed by atoms with Gasteiger partial charge in [-0.15, -0.1) is 0 Å². The summed E-state index contributed by atoms with van der Waals surface area (Å²) in [6.45, 7) is 1.68. The van der Waals surface area contributed by atoms with Gasteiger partial charge in [-0.25, -0.2) is 9.78 Å². The molecule has 0 fully saturated rings. The first-order chi connectivity index (χ1) is 11.2. The topological polar surface area (TPSA) is 61.3 Å². The Bertz CT molecular complexity index is 862. The van der Waals surface area contributed by atoms with Gasteiger partial charge >= 0.3 is 5.97 Å². The number of esters is 1. The van der Waals surface area contributed by atoms with Crippen LogP contribution < -0.4 is 4.74 Å². The number of hydrogen-bond donors (Lipinski definition) is 0. The molecule has 1 heterocycles. The first-order valence-corrected chi connectivity index (χ1v) is 7.20. The van der Waals surface area contributed by atoms with E-state index in [1.807, 2.05) is 43.3 Å². The molecule has 5 nitrogen and oxygen atoms in total. The van der Waals surface area contributed by atoms with E-state index in [1.165, 1.54) is 7.11 Å². The van der Waals surface area contributed by atoms with Crippen LogP contribution in [0.1, 0.15) is 5.69 Å². The monoisotopic (exact) mass is 308 g/mol. The second kappa shape index (κ2) is 6.44. The molecule has 116 valence electrons. The highest BCUT2D eigenvalue weighted by atomic mass is 16.6. The lowest BCUT2D eigenvalue weighted by Gasteiger charge is -2.08. The third kappa shape index (κ3) is 3.45. The van der Waals surface area contributed by atoms with Crippen LogP contribution in [0.3, 0.4) is 0 Å². The molecule has 3 rings (SSSR count). The molecular formula is C18H16N2O3. The summed E-state index contributed by atoms with van der Waals surface area (Å²) in [5.41, 5.74) is 1.67. The first-order valence-electron chi connectivity index (χ1n) is 7.20. The number of methoxy groups -OCH3 is 1. The van der Waals surface area contributed by atoms with Gasteiger partial charge in [-0.05, 0) is 23.8 Å². The number of carbonyl (C=O) groups excluding carboxylic acids is 1. The van der Waals surface area contributed by atoms with E-state index < -0.39 is 5.97 Å². The number of hydrogen-bond acceptors (Lipinski definition) is 5. The molecule has 0 N–H and O–H groups in total. The Morgan fingerprint density at radius 1 is 1.04 bits per heavy atom. The number of fused-ring (bicyclic) bond motifs is 1. The van der Waals surface area contributed by atoms with Crippen molar-refractivity contribution in [2.75, 3.05) is 13.7 Å². The fourth-order valence-corrected chi connectivity index (χ4v) is 2.26. The van der Waals surface area contributed by atoms with Gasteiger partial charge in [0, 0.05) is 17.3 Å². The Balaban J connectivity index is 1.94. The number of aromatic nitrogens is 2. The van der Waals surface area contributed by atoms with Crippen LogP contribution in [-0.4, -0.2) is 29.7 Å². The van der Waals surface area contributed by atoms with Crippen molar-refractivity contribution in [2.45, 2.75) is 6.92 Å². The van der Waals surface area contributed by atoms with Gasteiger partial charge in [-0.1, -0.05) is 36.4 Å². The van der Waals surface area contributed by atoms with Gasteiger partial charge in [-0.3, -0.25) is 0 Å². The molecule has 0 saturated heterocycles. The van der Waals surface area contributed by atoms with Crippen LogP contribution in [0.15, 0.2) is 48.5 Å². The molecule has 0 unspecified atom stereocenters. The van der Waals surface area contributed by atoms with E-state index in [-0.39, 0.29) is 6.61 Å². The average Bonchev–Trinajstić information content (AvgIpc) is 2.58. The van der Waals surface area contributed by atoms with Gasteiger partial charge in [-0.2, -0.15) is 4.98 Å². The van der Waals surface area contributed by atoms with Crippen LogP contribution in [0, 0.1) is 6.92 Å². The minimum Gasteiger partial charge on any atom is -0.466 e. The lowest BCUT2D eigenvalue weighted by atomic mass is 10.1. The zero-order valence-corrected chi connectivity index (χ0v) is 12.9. The fourth-order valence-electron chi connectivity index (χ4n) is 2.26. The van der Waals surface area contributed by atoms with Crippen molar-refractivity contribution in [3.63, 3.8) is 0 Å². The average molecular weight is 308 g/mol. The molecule has 3 aromatic rings. The molecule has 0 atom stereocenters. The Labute approximate surface area is 133 Å². The van der Waals surface area contributed by atoms with Gasteiger partial charge in [0.05, 0.1) is 7.11 Å². The smallest absolute Gasteiger partial charge is 0.343 e. The second-order valence-corrected chi connectivity index (χ2v) is 5.10. The van der Waals surface area contributed by atoms with Crippen molar-refractivity contribution < 1.29 is 14.3 Å². The normalized spacial score (nSPS) is 10.5. The predicted molar refractivity (Wildman–Crippen MR) is 87.2 cm³/mol. The van der Waals surface area contributed by atoms with E-state index in [4.69, 9.17) is 4.74 Å². The van der Waals surface area contributed by atoms with E-state index >= 15 is 0 Å². The van der Waals surface area contributed by atoms with Gasteiger partial charge in [0.25, 0.3) is 0 Å². The van der Waals surface area contributed by atoms with Crippen LogP contribution in [0.25, 0.3) is 22.2 Å². The Kier molecular flexibility index (Phi) is 4.19. The summed E-state index contributed by atoms with van der Waals surface area (Å²) in [5, 5.41) is 2.28. The highest BCUT2D eigenvalue weighted by molar-refractivity contribution is 5.86. The molecule has 0 spiro atoms. The summed E-state index contributed by atoms with van der Waals surface area (Å²) in [4.78, 5) is 20.0. The number of benzene rings is 2. The molecule has 0 aliphatic heterocycles. The van der Waals surface area contributed by atoms with E-state index in [0.29, 0.717) is 11.7 Å². The highest BCUT2D eigenvalue weighted by Crippen LogP contribution is 2.23. The summed E-state index contributed by atoms with van der Waals surface area (Å²) < 4.78 is 9.92. The molecule has 0 aliphatic carbocycles. The molecule has 0 amide bonds. The summed E-state index contributed by atoms with van der Waals surface area (Å²) in [6.07, 6.45) is 0. The standard InChI is InChI=1S/C18H16N2O3/c1-12-9-16(23-11-17(21)22-2)20-18(19-12)15-8-7-13-5-3-4-6-14(13)10-15/h3-10H,11H2,1-2H3. The van der Waals surface area contributed by atoms with Gasteiger partial charge in [0.2, 0.25) is 5.88 Å². The van der Waals surface area contributed by atoms with E-state index in [2.05, 4.69) is 20.8 Å². The van der Waals surface area contributed by atoms with Gasteiger partial charge in [0.1, 0.15) is 0 Å². The molecule has 23 heavy (non-hydrogen) atoms. The SMILES string of the molecule is COC(=O)COc1cc(C)nc(-c2ccc3ccccc3c2)n1. The molecule has 0 aliphatic rings. The molecule has 0 saturated carbocycles. The van der Waals surface area contributed by atoms with Crippen molar-refractivity contribution in [1.29, 1.82) is 0 Å². The Hall–Kier alpha value is -2.95. The zero-order valence-electron chi connectivity index (χ0n) is 12.9. The quantitative estimate of drug-likeness (QED) is 0.693. The minimum absolute atomic E-state index is 0.176. The number of ether oxygens (including phenoxy) is 2. The van der Waals surface area contributed by atoms with Crippen molar-refractivity contribution >= 4 is 16.7 Å². The zero-order chi connectivity index (χ0) is 16.2. The molecule has 1 aromatic heterocycles. The van der Waals surface area contributed by atoms with Crippen molar-refractivity contribution in [3.05, 3.63) is 54.2 Å². The predicted octanol–water partition coefficient (Wildman–Crippen LogP) is 3.16. The van der Waals surface area contributed by atoms with E-state index in [9.17, 15) is 4.79 Å². The summed E-state index contributed by atoms with van der Waals surface area (Å²) in [7, 11) is 1.32. The van der Waals surface area contributed by atoms with Crippen LogP contribution in [0.4, 0.5) is 0 Å². The third-order valence-electron chi connectivity index (χ3n) is 3.40.